The number of hydrogen-bond donors (Lipinski definition) is 1. The highest BCUT2D eigenvalue weighted by Gasteiger charge is 2.24. The van der Waals surface area contributed by atoms with Crippen molar-refractivity contribution in [3.8, 4) is 10.7 Å². The summed E-state index contributed by atoms with van der Waals surface area (Å²) in [6, 6.07) is 4.01. The number of nitrogens with zero attached hydrogens (tertiary/aromatic N) is 2. The van der Waals surface area contributed by atoms with Gasteiger partial charge in [-0.15, -0.1) is 11.3 Å². The minimum Gasteiger partial charge on any atom is -0.306 e. The molecule has 0 atom stereocenters. The lowest BCUT2D eigenvalue weighted by molar-refractivity contribution is 0.184. The first kappa shape index (κ1) is 15.1. The van der Waals surface area contributed by atoms with Gasteiger partial charge in [-0.3, -0.25) is 9.69 Å². The highest BCUT2D eigenvalue weighted by molar-refractivity contribution is 7.13. The summed E-state index contributed by atoms with van der Waals surface area (Å²) in [6.45, 7) is 2.99. The summed E-state index contributed by atoms with van der Waals surface area (Å²) < 4.78 is 0. The summed E-state index contributed by atoms with van der Waals surface area (Å²) in [6.07, 6.45) is 7.74. The van der Waals surface area contributed by atoms with Gasteiger partial charge in [-0.2, -0.15) is 0 Å². The molecule has 0 saturated heterocycles. The Morgan fingerprint density at radius 3 is 2.96 bits per heavy atom. The number of aromatic nitrogens is 2. The average Bonchev–Trinajstić information content (AvgIpc) is 3.10. The average molecular weight is 329 g/mol. The van der Waals surface area contributed by atoms with Crippen LogP contribution >= 0.6 is 11.3 Å². The standard InChI is InChI=1S/C18H23N3OS/c22-18-14-8-9-21(11-13-5-2-1-3-6-13)12-15(14)19-17(20-18)16-7-4-10-23-16/h4,7,10,13H,1-3,5-6,8-9,11-12H2,(H,19,20,22). The summed E-state index contributed by atoms with van der Waals surface area (Å²) in [7, 11) is 0. The fourth-order valence-electron chi connectivity index (χ4n) is 3.91. The second-order valence-corrected chi connectivity index (χ2v) is 7.75. The molecule has 2 aromatic rings. The smallest absolute Gasteiger partial charge is 0.254 e. The van der Waals surface area contributed by atoms with Crippen LogP contribution in [0.15, 0.2) is 22.3 Å². The number of nitrogens with one attached hydrogen (secondary N) is 1. The number of fused-ring (bicyclic) bond motifs is 1. The predicted molar refractivity (Wildman–Crippen MR) is 93.7 cm³/mol. The first-order chi connectivity index (χ1) is 11.3. The second kappa shape index (κ2) is 6.57. The molecule has 0 unspecified atom stereocenters. The first-order valence-corrected chi connectivity index (χ1v) is 9.56. The van der Waals surface area contributed by atoms with Gasteiger partial charge in [0.1, 0.15) is 0 Å². The molecule has 1 N–H and O–H groups in total. The van der Waals surface area contributed by atoms with Crippen molar-refractivity contribution in [2.45, 2.75) is 45.1 Å². The van der Waals surface area contributed by atoms with Crippen LogP contribution in [0, 0.1) is 5.92 Å². The molecule has 2 aromatic heterocycles. The molecule has 4 rings (SSSR count). The summed E-state index contributed by atoms with van der Waals surface area (Å²) in [5, 5.41) is 2.02. The van der Waals surface area contributed by atoms with Crippen molar-refractivity contribution in [1.29, 1.82) is 0 Å². The Balaban J connectivity index is 1.54. The van der Waals surface area contributed by atoms with Gasteiger partial charge in [0.2, 0.25) is 0 Å². The number of aromatic amines is 1. The maximum Gasteiger partial charge on any atom is 0.254 e. The topological polar surface area (TPSA) is 49.0 Å². The van der Waals surface area contributed by atoms with Crippen LogP contribution in [0.4, 0.5) is 0 Å². The molecule has 23 heavy (non-hydrogen) atoms. The Kier molecular flexibility index (Phi) is 4.31. The van der Waals surface area contributed by atoms with Crippen molar-refractivity contribution in [2.24, 2.45) is 5.92 Å². The Bertz CT molecular complexity index is 716. The Hall–Kier alpha value is -1.46. The van der Waals surface area contributed by atoms with Gasteiger partial charge in [-0.1, -0.05) is 25.3 Å². The molecular weight excluding hydrogens is 306 g/mol. The zero-order chi connectivity index (χ0) is 15.6. The monoisotopic (exact) mass is 329 g/mol. The third-order valence-corrected chi connectivity index (χ3v) is 6.02. The van der Waals surface area contributed by atoms with E-state index < -0.39 is 0 Å². The minimum atomic E-state index is 0.0516. The molecular formula is C18H23N3OS. The molecule has 3 heterocycles. The Morgan fingerprint density at radius 2 is 2.17 bits per heavy atom. The molecule has 1 saturated carbocycles. The number of H-pyrrole nitrogens is 1. The highest BCUT2D eigenvalue weighted by Crippen LogP contribution is 2.27. The van der Waals surface area contributed by atoms with E-state index in [1.807, 2.05) is 17.5 Å². The lowest BCUT2D eigenvalue weighted by atomic mass is 9.88. The van der Waals surface area contributed by atoms with Crippen molar-refractivity contribution < 1.29 is 0 Å². The molecule has 1 aliphatic carbocycles. The number of rotatable bonds is 3. The van der Waals surface area contributed by atoms with E-state index in [-0.39, 0.29) is 5.56 Å². The lowest BCUT2D eigenvalue weighted by Gasteiger charge is -2.32. The largest absolute Gasteiger partial charge is 0.306 e. The van der Waals surface area contributed by atoms with Gasteiger partial charge >= 0.3 is 0 Å². The van der Waals surface area contributed by atoms with Crippen LogP contribution in [0.1, 0.15) is 43.4 Å². The Morgan fingerprint density at radius 1 is 1.30 bits per heavy atom. The quantitative estimate of drug-likeness (QED) is 0.938. The van der Waals surface area contributed by atoms with Crippen LogP contribution < -0.4 is 5.56 Å². The zero-order valence-corrected chi connectivity index (χ0v) is 14.2. The molecule has 0 bridgehead atoms. The molecule has 4 nitrogen and oxygen atoms in total. The maximum absolute atomic E-state index is 12.4. The van der Waals surface area contributed by atoms with E-state index in [1.165, 1.54) is 38.6 Å². The number of hydrogen-bond acceptors (Lipinski definition) is 4. The van der Waals surface area contributed by atoms with Gasteiger partial charge in [0.05, 0.1) is 10.6 Å². The van der Waals surface area contributed by atoms with E-state index in [2.05, 4.69) is 9.88 Å². The van der Waals surface area contributed by atoms with E-state index in [0.717, 1.165) is 47.4 Å². The van der Waals surface area contributed by atoms with E-state index in [1.54, 1.807) is 11.3 Å². The predicted octanol–water partition coefficient (Wildman–Crippen LogP) is 3.44. The minimum absolute atomic E-state index is 0.0516. The number of thiophene rings is 1. The summed E-state index contributed by atoms with van der Waals surface area (Å²) >= 11 is 1.62. The van der Waals surface area contributed by atoms with Gasteiger partial charge in [-0.05, 0) is 36.6 Å². The highest BCUT2D eigenvalue weighted by atomic mass is 32.1. The van der Waals surface area contributed by atoms with Crippen molar-refractivity contribution in [1.82, 2.24) is 14.9 Å². The van der Waals surface area contributed by atoms with Gasteiger partial charge < -0.3 is 4.98 Å². The summed E-state index contributed by atoms with van der Waals surface area (Å²) in [5.74, 6) is 1.56. The normalized spacial score (nSPS) is 19.7. The van der Waals surface area contributed by atoms with E-state index in [9.17, 15) is 4.79 Å². The molecule has 0 aromatic carbocycles. The molecule has 0 spiro atoms. The van der Waals surface area contributed by atoms with Gasteiger partial charge in [0.25, 0.3) is 5.56 Å². The van der Waals surface area contributed by atoms with E-state index in [4.69, 9.17) is 4.98 Å². The third-order valence-electron chi connectivity index (χ3n) is 5.15. The van der Waals surface area contributed by atoms with Crippen LogP contribution in [0.25, 0.3) is 10.7 Å². The first-order valence-electron chi connectivity index (χ1n) is 8.68. The molecule has 0 radical (unpaired) electrons. The van der Waals surface area contributed by atoms with E-state index >= 15 is 0 Å². The fraction of sp³-hybridized carbons (Fsp3) is 0.556. The SMILES string of the molecule is O=c1[nH]c(-c2cccs2)nc2c1CCN(CC1CCCCC1)C2. The van der Waals surface area contributed by atoms with Crippen LogP contribution in [0.2, 0.25) is 0 Å². The van der Waals surface area contributed by atoms with E-state index in [0.29, 0.717) is 0 Å². The van der Waals surface area contributed by atoms with Crippen molar-refractivity contribution >= 4 is 11.3 Å². The van der Waals surface area contributed by atoms with Crippen molar-refractivity contribution in [3.63, 3.8) is 0 Å². The van der Waals surface area contributed by atoms with Crippen molar-refractivity contribution in [3.05, 3.63) is 39.1 Å². The molecule has 122 valence electrons. The van der Waals surface area contributed by atoms with Gasteiger partial charge in [0.15, 0.2) is 5.82 Å². The fourth-order valence-corrected chi connectivity index (χ4v) is 4.58. The second-order valence-electron chi connectivity index (χ2n) is 6.81. The summed E-state index contributed by atoms with van der Waals surface area (Å²) in [4.78, 5) is 23.6. The van der Waals surface area contributed by atoms with Gasteiger partial charge in [0, 0.05) is 25.2 Å². The molecule has 1 aliphatic heterocycles. The molecule has 0 amide bonds. The summed E-state index contributed by atoms with van der Waals surface area (Å²) in [5.41, 5.74) is 1.93. The maximum atomic E-state index is 12.4. The Labute approximate surface area is 140 Å². The van der Waals surface area contributed by atoms with Gasteiger partial charge in [-0.25, -0.2) is 4.98 Å². The molecule has 2 aliphatic rings. The van der Waals surface area contributed by atoms with Crippen LogP contribution in [-0.2, 0) is 13.0 Å². The third kappa shape index (κ3) is 3.26. The zero-order valence-electron chi connectivity index (χ0n) is 13.4. The van der Waals surface area contributed by atoms with Crippen LogP contribution in [0.3, 0.4) is 0 Å². The van der Waals surface area contributed by atoms with Crippen LogP contribution in [0.5, 0.6) is 0 Å². The lowest BCUT2D eigenvalue weighted by Crippen LogP contribution is -2.38. The van der Waals surface area contributed by atoms with Crippen molar-refractivity contribution in [2.75, 3.05) is 13.1 Å². The molecule has 1 fully saturated rings. The van der Waals surface area contributed by atoms with Crippen LogP contribution in [-0.4, -0.2) is 28.0 Å². The molecule has 5 heteroatoms.